The number of nitrogens with one attached hydrogen (secondary N) is 2. The summed E-state index contributed by atoms with van der Waals surface area (Å²) in [5.74, 6) is -0.382. The summed E-state index contributed by atoms with van der Waals surface area (Å²) < 4.78 is 46.4. The summed E-state index contributed by atoms with van der Waals surface area (Å²) in [4.78, 5) is 11.3. The third-order valence-electron chi connectivity index (χ3n) is 1.88. The standard InChI is InChI=1S/C9H17F3N2O2S/c1-6(4-17(3)16)14-7(2)8(15)13-5-9(10,11)12/h6-7,14H,4-5H2,1-3H3,(H,13,15). The first-order valence-electron chi connectivity index (χ1n) is 5.02. The van der Waals surface area contributed by atoms with Crippen LogP contribution in [-0.2, 0) is 15.6 Å². The van der Waals surface area contributed by atoms with E-state index in [4.69, 9.17) is 0 Å². The van der Waals surface area contributed by atoms with Crippen LogP contribution in [0.4, 0.5) is 13.2 Å². The molecule has 0 heterocycles. The van der Waals surface area contributed by atoms with Crippen LogP contribution < -0.4 is 10.6 Å². The van der Waals surface area contributed by atoms with Crippen LogP contribution in [0.1, 0.15) is 13.8 Å². The summed E-state index contributed by atoms with van der Waals surface area (Å²) in [5, 5.41) is 4.55. The van der Waals surface area contributed by atoms with Crippen LogP contribution in [0.25, 0.3) is 0 Å². The molecule has 0 radical (unpaired) electrons. The van der Waals surface area contributed by atoms with E-state index < -0.39 is 35.5 Å². The number of carbonyl (C=O) groups excluding carboxylic acids is 1. The van der Waals surface area contributed by atoms with Gasteiger partial charge >= 0.3 is 6.18 Å². The van der Waals surface area contributed by atoms with E-state index in [1.165, 1.54) is 13.2 Å². The van der Waals surface area contributed by atoms with E-state index in [0.29, 0.717) is 5.75 Å². The molecule has 2 N–H and O–H groups in total. The lowest BCUT2D eigenvalue weighted by atomic mass is 10.2. The minimum absolute atomic E-state index is 0.201. The van der Waals surface area contributed by atoms with E-state index >= 15 is 0 Å². The van der Waals surface area contributed by atoms with E-state index in [9.17, 15) is 22.2 Å². The molecule has 0 saturated heterocycles. The Balaban J connectivity index is 4.01. The lowest BCUT2D eigenvalue weighted by Gasteiger charge is -2.19. The number of rotatable bonds is 6. The van der Waals surface area contributed by atoms with Crippen molar-refractivity contribution in [3.05, 3.63) is 0 Å². The highest BCUT2D eigenvalue weighted by molar-refractivity contribution is 7.84. The van der Waals surface area contributed by atoms with Gasteiger partial charge in [0.2, 0.25) is 5.91 Å². The molecule has 102 valence electrons. The van der Waals surface area contributed by atoms with Crippen LogP contribution in [0.3, 0.4) is 0 Å². The summed E-state index contributed by atoms with van der Waals surface area (Å²) in [6.07, 6.45) is -2.89. The van der Waals surface area contributed by atoms with Gasteiger partial charge < -0.3 is 10.6 Å². The molecule has 0 fully saturated rings. The fraction of sp³-hybridized carbons (Fsp3) is 0.889. The number of alkyl halides is 3. The van der Waals surface area contributed by atoms with Gasteiger partial charge in [-0.1, -0.05) is 0 Å². The fourth-order valence-corrected chi connectivity index (χ4v) is 2.04. The van der Waals surface area contributed by atoms with Crippen molar-refractivity contribution >= 4 is 16.7 Å². The van der Waals surface area contributed by atoms with Crippen molar-refractivity contribution in [1.82, 2.24) is 10.6 Å². The molecule has 8 heteroatoms. The van der Waals surface area contributed by atoms with Crippen LogP contribution in [0.5, 0.6) is 0 Å². The molecule has 0 aromatic carbocycles. The van der Waals surface area contributed by atoms with Crippen LogP contribution in [-0.4, -0.2) is 46.9 Å². The van der Waals surface area contributed by atoms with Crippen LogP contribution >= 0.6 is 0 Å². The van der Waals surface area contributed by atoms with Crippen LogP contribution in [0.15, 0.2) is 0 Å². The molecule has 4 nitrogen and oxygen atoms in total. The van der Waals surface area contributed by atoms with Crippen molar-refractivity contribution in [2.45, 2.75) is 32.1 Å². The average molecular weight is 274 g/mol. The number of amides is 1. The molecular formula is C9H17F3N2O2S. The maximum Gasteiger partial charge on any atom is 0.405 e. The predicted octanol–water partition coefficient (Wildman–Crippen LogP) is 0.410. The summed E-state index contributed by atoms with van der Waals surface area (Å²) in [6.45, 7) is 1.83. The van der Waals surface area contributed by atoms with Crippen molar-refractivity contribution in [3.8, 4) is 0 Å². The Morgan fingerprint density at radius 2 is 1.88 bits per heavy atom. The Labute approximate surface area is 101 Å². The second-order valence-corrected chi connectivity index (χ2v) is 5.34. The van der Waals surface area contributed by atoms with Gasteiger partial charge in [0.1, 0.15) is 6.54 Å². The zero-order valence-electron chi connectivity index (χ0n) is 9.93. The molecular weight excluding hydrogens is 257 g/mol. The molecule has 0 aromatic heterocycles. The topological polar surface area (TPSA) is 58.2 Å². The number of halogens is 3. The monoisotopic (exact) mass is 274 g/mol. The molecule has 0 bridgehead atoms. The van der Waals surface area contributed by atoms with Gasteiger partial charge in [0.05, 0.1) is 6.04 Å². The first kappa shape index (κ1) is 16.4. The number of carbonyl (C=O) groups is 1. The van der Waals surface area contributed by atoms with Gasteiger partial charge in [-0.25, -0.2) is 0 Å². The molecule has 0 spiro atoms. The lowest BCUT2D eigenvalue weighted by Crippen LogP contribution is -2.48. The normalized spacial score (nSPS) is 17.3. The van der Waals surface area contributed by atoms with Crippen molar-refractivity contribution < 1.29 is 22.2 Å². The average Bonchev–Trinajstić information content (AvgIpc) is 2.11. The van der Waals surface area contributed by atoms with Gasteiger partial charge in [-0.3, -0.25) is 9.00 Å². The van der Waals surface area contributed by atoms with Crippen molar-refractivity contribution in [2.24, 2.45) is 0 Å². The minimum atomic E-state index is -4.41. The molecule has 0 saturated carbocycles. The Morgan fingerprint density at radius 3 is 2.29 bits per heavy atom. The van der Waals surface area contributed by atoms with E-state index in [1.807, 2.05) is 0 Å². The van der Waals surface area contributed by atoms with Crippen LogP contribution in [0, 0.1) is 0 Å². The number of hydrogen-bond acceptors (Lipinski definition) is 3. The van der Waals surface area contributed by atoms with E-state index in [-0.39, 0.29) is 6.04 Å². The second-order valence-electron chi connectivity index (χ2n) is 3.86. The van der Waals surface area contributed by atoms with E-state index in [0.717, 1.165) is 0 Å². The third-order valence-corrected chi connectivity index (χ3v) is 2.84. The lowest BCUT2D eigenvalue weighted by molar-refractivity contribution is -0.139. The maximum absolute atomic E-state index is 11.8. The van der Waals surface area contributed by atoms with Gasteiger partial charge in [0, 0.05) is 28.9 Å². The molecule has 17 heavy (non-hydrogen) atoms. The SMILES string of the molecule is CC(CS(C)=O)NC(C)C(=O)NCC(F)(F)F. The summed E-state index contributed by atoms with van der Waals surface area (Å²) in [7, 11) is -1.02. The van der Waals surface area contributed by atoms with Crippen molar-refractivity contribution in [3.63, 3.8) is 0 Å². The summed E-state index contributed by atoms with van der Waals surface area (Å²) in [5.41, 5.74) is 0. The largest absolute Gasteiger partial charge is 0.405 e. The Kier molecular flexibility index (Phi) is 6.69. The summed E-state index contributed by atoms with van der Waals surface area (Å²) >= 11 is 0. The highest BCUT2D eigenvalue weighted by Gasteiger charge is 2.28. The van der Waals surface area contributed by atoms with Gasteiger partial charge in [0.25, 0.3) is 0 Å². The molecule has 0 rings (SSSR count). The molecule has 3 atom stereocenters. The van der Waals surface area contributed by atoms with Crippen LogP contribution in [0.2, 0.25) is 0 Å². The van der Waals surface area contributed by atoms with Gasteiger partial charge in [-0.2, -0.15) is 13.2 Å². The van der Waals surface area contributed by atoms with E-state index in [2.05, 4.69) is 5.32 Å². The second kappa shape index (κ2) is 6.95. The zero-order chi connectivity index (χ0) is 13.6. The predicted molar refractivity (Wildman–Crippen MR) is 60.1 cm³/mol. The Hall–Kier alpha value is -0.630. The number of hydrogen-bond donors (Lipinski definition) is 2. The summed E-state index contributed by atoms with van der Waals surface area (Å²) in [6, 6.07) is -0.955. The van der Waals surface area contributed by atoms with Gasteiger partial charge in [-0.05, 0) is 13.8 Å². The first-order chi connectivity index (χ1) is 7.61. The fourth-order valence-electron chi connectivity index (χ4n) is 1.24. The Morgan fingerprint density at radius 1 is 1.35 bits per heavy atom. The smallest absolute Gasteiger partial charge is 0.346 e. The molecule has 0 aliphatic rings. The molecule has 0 aliphatic heterocycles. The minimum Gasteiger partial charge on any atom is -0.346 e. The maximum atomic E-state index is 11.8. The highest BCUT2D eigenvalue weighted by Crippen LogP contribution is 2.12. The molecule has 0 aromatic rings. The van der Waals surface area contributed by atoms with Gasteiger partial charge in [0.15, 0.2) is 0 Å². The quantitative estimate of drug-likeness (QED) is 0.737. The van der Waals surface area contributed by atoms with Crippen molar-refractivity contribution in [2.75, 3.05) is 18.6 Å². The third kappa shape index (κ3) is 9.11. The Bertz CT molecular complexity index is 284. The zero-order valence-corrected chi connectivity index (χ0v) is 10.7. The first-order valence-corrected chi connectivity index (χ1v) is 6.75. The highest BCUT2D eigenvalue weighted by atomic mass is 32.2. The molecule has 3 unspecified atom stereocenters. The molecule has 1 amide bonds. The van der Waals surface area contributed by atoms with Crippen molar-refractivity contribution in [1.29, 1.82) is 0 Å². The molecule has 0 aliphatic carbocycles. The van der Waals surface area contributed by atoms with Gasteiger partial charge in [-0.15, -0.1) is 0 Å². The van der Waals surface area contributed by atoms with E-state index in [1.54, 1.807) is 12.2 Å².